The molecular weight excluding hydrogens is 298 g/mol. The lowest BCUT2D eigenvalue weighted by atomic mass is 10.2. The molecule has 1 aromatic rings. The summed E-state index contributed by atoms with van der Waals surface area (Å²) in [5, 5.41) is 8.87. The zero-order valence-electron chi connectivity index (χ0n) is 9.97. The van der Waals surface area contributed by atoms with Gasteiger partial charge in [0.2, 0.25) is 0 Å². The topological polar surface area (TPSA) is 69.8 Å². The fourth-order valence-corrected chi connectivity index (χ4v) is 2.45. The summed E-state index contributed by atoms with van der Waals surface area (Å²) in [5.74, 6) is 0. The van der Waals surface area contributed by atoms with Crippen molar-refractivity contribution in [2.75, 3.05) is 31.9 Å². The van der Waals surface area contributed by atoms with Crippen LogP contribution in [0.1, 0.15) is 5.56 Å². The highest BCUT2D eigenvalue weighted by Crippen LogP contribution is 2.21. The van der Waals surface area contributed by atoms with Crippen molar-refractivity contribution in [2.45, 2.75) is 6.54 Å². The molecule has 98 valence electrons. The van der Waals surface area contributed by atoms with Crippen molar-refractivity contribution in [1.29, 1.82) is 0 Å². The average molecular weight is 314 g/mol. The van der Waals surface area contributed by atoms with Crippen LogP contribution in [-0.2, 0) is 6.54 Å². The Labute approximate surface area is 114 Å². The predicted octanol–water partition coefficient (Wildman–Crippen LogP) is 1.83. The maximum atomic E-state index is 10.8. The van der Waals surface area contributed by atoms with Gasteiger partial charge < -0.3 is 15.7 Å². The molecule has 0 aliphatic carbocycles. The molecule has 1 aliphatic rings. The van der Waals surface area contributed by atoms with Crippen LogP contribution in [0, 0.1) is 0 Å². The Balaban J connectivity index is 1.91. The van der Waals surface area contributed by atoms with Crippen molar-refractivity contribution in [1.82, 2.24) is 9.80 Å². The lowest BCUT2D eigenvalue weighted by Crippen LogP contribution is -2.47. The van der Waals surface area contributed by atoms with E-state index in [9.17, 15) is 4.79 Å². The van der Waals surface area contributed by atoms with Crippen molar-refractivity contribution in [3.63, 3.8) is 0 Å². The second-order valence-corrected chi connectivity index (χ2v) is 5.26. The first-order valence-electron chi connectivity index (χ1n) is 5.80. The maximum Gasteiger partial charge on any atom is 0.407 e. The number of carbonyl (C=O) groups is 1. The smallest absolute Gasteiger partial charge is 0.407 e. The lowest BCUT2D eigenvalue weighted by molar-refractivity contribution is 0.103. The summed E-state index contributed by atoms with van der Waals surface area (Å²) < 4.78 is 0.907. The summed E-state index contributed by atoms with van der Waals surface area (Å²) in [5.41, 5.74) is 7.65. The van der Waals surface area contributed by atoms with Crippen molar-refractivity contribution in [3.8, 4) is 0 Å². The molecule has 2 rings (SSSR count). The van der Waals surface area contributed by atoms with E-state index in [2.05, 4.69) is 20.8 Å². The molecule has 0 radical (unpaired) electrons. The Hall–Kier alpha value is -1.27. The van der Waals surface area contributed by atoms with E-state index >= 15 is 0 Å². The summed E-state index contributed by atoms with van der Waals surface area (Å²) in [7, 11) is 0. The molecule has 0 saturated carbocycles. The van der Waals surface area contributed by atoms with Crippen LogP contribution >= 0.6 is 15.9 Å². The van der Waals surface area contributed by atoms with E-state index in [1.54, 1.807) is 0 Å². The summed E-state index contributed by atoms with van der Waals surface area (Å²) in [4.78, 5) is 14.5. The van der Waals surface area contributed by atoms with Crippen LogP contribution in [0.2, 0.25) is 0 Å². The largest absolute Gasteiger partial charge is 0.465 e. The van der Waals surface area contributed by atoms with Crippen LogP contribution in [-0.4, -0.2) is 47.2 Å². The van der Waals surface area contributed by atoms with Crippen LogP contribution in [0.3, 0.4) is 0 Å². The van der Waals surface area contributed by atoms with E-state index in [1.807, 2.05) is 18.2 Å². The molecule has 0 spiro atoms. The zero-order chi connectivity index (χ0) is 13.1. The van der Waals surface area contributed by atoms with Gasteiger partial charge in [0.1, 0.15) is 0 Å². The molecule has 0 bridgehead atoms. The number of amides is 1. The lowest BCUT2D eigenvalue weighted by Gasteiger charge is -2.33. The first kappa shape index (κ1) is 13.2. The third-order valence-electron chi connectivity index (χ3n) is 3.11. The molecule has 1 fully saturated rings. The van der Waals surface area contributed by atoms with Gasteiger partial charge in [0.05, 0.1) is 0 Å². The number of piperazine rings is 1. The van der Waals surface area contributed by atoms with Gasteiger partial charge in [0.25, 0.3) is 0 Å². The van der Waals surface area contributed by atoms with Crippen molar-refractivity contribution >= 4 is 27.7 Å². The monoisotopic (exact) mass is 313 g/mol. The van der Waals surface area contributed by atoms with E-state index in [1.165, 1.54) is 10.5 Å². The SMILES string of the molecule is Nc1ccc(CN2CCN(C(=O)O)CC2)cc1Br. The average Bonchev–Trinajstić information content (AvgIpc) is 2.34. The van der Waals surface area contributed by atoms with Gasteiger partial charge in [-0.2, -0.15) is 0 Å². The molecule has 0 atom stereocenters. The Kier molecular flexibility index (Phi) is 4.08. The van der Waals surface area contributed by atoms with Gasteiger partial charge in [-0.1, -0.05) is 6.07 Å². The number of halogens is 1. The van der Waals surface area contributed by atoms with Gasteiger partial charge in [-0.05, 0) is 33.6 Å². The van der Waals surface area contributed by atoms with Gasteiger partial charge in [-0.3, -0.25) is 4.90 Å². The minimum absolute atomic E-state index is 0.575. The highest BCUT2D eigenvalue weighted by molar-refractivity contribution is 9.10. The molecule has 3 N–H and O–H groups in total. The standard InChI is InChI=1S/C12H16BrN3O2/c13-10-7-9(1-2-11(10)14)8-15-3-5-16(6-4-15)12(17)18/h1-2,7H,3-6,8,14H2,(H,17,18). The molecule has 1 aromatic carbocycles. The summed E-state index contributed by atoms with van der Waals surface area (Å²) in [6.45, 7) is 3.52. The molecule has 5 nitrogen and oxygen atoms in total. The Morgan fingerprint density at radius 3 is 2.56 bits per heavy atom. The number of anilines is 1. The number of nitrogen functional groups attached to an aromatic ring is 1. The molecule has 0 aromatic heterocycles. The Bertz CT molecular complexity index is 445. The molecule has 18 heavy (non-hydrogen) atoms. The first-order chi connectivity index (χ1) is 8.56. The van der Waals surface area contributed by atoms with Crippen LogP contribution in [0.25, 0.3) is 0 Å². The Morgan fingerprint density at radius 2 is 2.00 bits per heavy atom. The second kappa shape index (κ2) is 5.58. The van der Waals surface area contributed by atoms with Crippen LogP contribution < -0.4 is 5.73 Å². The number of rotatable bonds is 2. The zero-order valence-corrected chi connectivity index (χ0v) is 11.6. The minimum atomic E-state index is -0.829. The number of hydrogen-bond donors (Lipinski definition) is 2. The Morgan fingerprint density at radius 1 is 1.33 bits per heavy atom. The summed E-state index contributed by atoms with van der Waals surface area (Å²) in [6.07, 6.45) is -0.829. The van der Waals surface area contributed by atoms with E-state index in [4.69, 9.17) is 10.8 Å². The van der Waals surface area contributed by atoms with Gasteiger partial charge in [0.15, 0.2) is 0 Å². The summed E-state index contributed by atoms with van der Waals surface area (Å²) >= 11 is 3.41. The third kappa shape index (κ3) is 3.14. The van der Waals surface area contributed by atoms with Gasteiger partial charge in [-0.15, -0.1) is 0 Å². The van der Waals surface area contributed by atoms with E-state index in [0.29, 0.717) is 13.1 Å². The van der Waals surface area contributed by atoms with E-state index in [-0.39, 0.29) is 0 Å². The fourth-order valence-electron chi connectivity index (χ4n) is 2.02. The fraction of sp³-hybridized carbons (Fsp3) is 0.417. The number of benzene rings is 1. The molecule has 1 heterocycles. The van der Waals surface area contributed by atoms with Gasteiger partial charge in [0, 0.05) is 42.9 Å². The van der Waals surface area contributed by atoms with Crippen molar-refractivity contribution in [3.05, 3.63) is 28.2 Å². The highest BCUT2D eigenvalue weighted by Gasteiger charge is 2.20. The highest BCUT2D eigenvalue weighted by atomic mass is 79.9. The summed E-state index contributed by atoms with van der Waals surface area (Å²) in [6, 6.07) is 5.90. The molecule has 6 heteroatoms. The minimum Gasteiger partial charge on any atom is -0.465 e. The molecule has 1 saturated heterocycles. The molecule has 0 unspecified atom stereocenters. The number of carboxylic acid groups (broad SMARTS) is 1. The normalized spacial score (nSPS) is 16.8. The first-order valence-corrected chi connectivity index (χ1v) is 6.59. The molecule has 1 aliphatic heterocycles. The van der Waals surface area contributed by atoms with Gasteiger partial charge >= 0.3 is 6.09 Å². The molecular formula is C12H16BrN3O2. The predicted molar refractivity (Wildman–Crippen MR) is 73.4 cm³/mol. The second-order valence-electron chi connectivity index (χ2n) is 4.40. The van der Waals surface area contributed by atoms with Gasteiger partial charge in [-0.25, -0.2) is 4.79 Å². The van der Waals surface area contributed by atoms with E-state index < -0.39 is 6.09 Å². The maximum absolute atomic E-state index is 10.8. The van der Waals surface area contributed by atoms with Crippen LogP contribution in [0.4, 0.5) is 10.5 Å². The number of nitrogens with two attached hydrogens (primary N) is 1. The molecule has 1 amide bonds. The van der Waals surface area contributed by atoms with Crippen molar-refractivity contribution < 1.29 is 9.90 Å². The third-order valence-corrected chi connectivity index (χ3v) is 3.80. The number of hydrogen-bond acceptors (Lipinski definition) is 3. The number of nitrogens with zero attached hydrogens (tertiary/aromatic N) is 2. The van der Waals surface area contributed by atoms with Crippen LogP contribution in [0.15, 0.2) is 22.7 Å². The van der Waals surface area contributed by atoms with Crippen molar-refractivity contribution in [2.24, 2.45) is 0 Å². The van der Waals surface area contributed by atoms with E-state index in [0.717, 1.165) is 29.8 Å². The quantitative estimate of drug-likeness (QED) is 0.817. The van der Waals surface area contributed by atoms with Crippen LogP contribution in [0.5, 0.6) is 0 Å².